The first-order valence-corrected chi connectivity index (χ1v) is 10.7. The van der Waals surface area contributed by atoms with Gasteiger partial charge in [0.15, 0.2) is 5.13 Å². The molecule has 0 fully saturated rings. The molecule has 0 radical (unpaired) electrons. The monoisotopic (exact) mass is 409 g/mol. The number of nitrogens with one attached hydrogen (secondary N) is 2. The van der Waals surface area contributed by atoms with Crippen LogP contribution in [0.2, 0.25) is 0 Å². The normalized spacial score (nSPS) is 10.8. The van der Waals surface area contributed by atoms with Crippen LogP contribution in [0.3, 0.4) is 0 Å². The highest BCUT2D eigenvalue weighted by atomic mass is 32.2. The fourth-order valence-corrected chi connectivity index (χ4v) is 3.57. The number of hydrogen-bond acceptors (Lipinski definition) is 5. The highest BCUT2D eigenvalue weighted by Gasteiger charge is 2.09. The molecule has 3 rings (SSSR count). The molecule has 28 heavy (non-hydrogen) atoms. The average molecular weight is 410 g/mol. The number of hydrogen-bond donors (Lipinski definition) is 2. The van der Waals surface area contributed by atoms with Crippen molar-refractivity contribution < 1.29 is 9.59 Å². The van der Waals surface area contributed by atoms with Crippen LogP contribution in [-0.2, 0) is 16.0 Å². The van der Waals surface area contributed by atoms with Crippen LogP contribution in [0.4, 0.5) is 10.8 Å². The topological polar surface area (TPSA) is 71.1 Å². The molecule has 2 aromatic carbocycles. The van der Waals surface area contributed by atoms with E-state index in [0.29, 0.717) is 10.8 Å². The summed E-state index contributed by atoms with van der Waals surface area (Å²) >= 11 is 2.91. The molecule has 0 aliphatic heterocycles. The Morgan fingerprint density at radius 2 is 1.93 bits per heavy atom. The number of amides is 2. The lowest BCUT2D eigenvalue weighted by atomic mass is 10.2. The molecular weight excluding hydrogens is 390 g/mol. The van der Waals surface area contributed by atoms with E-state index in [0.717, 1.165) is 16.1 Å². The molecule has 142 valence electrons. The van der Waals surface area contributed by atoms with Gasteiger partial charge in [-0.05, 0) is 36.1 Å². The van der Waals surface area contributed by atoms with Gasteiger partial charge in [0.25, 0.3) is 0 Å². The quantitative estimate of drug-likeness (QED) is 0.438. The van der Waals surface area contributed by atoms with Crippen molar-refractivity contribution in [2.45, 2.75) is 11.3 Å². The number of thiazole rings is 1. The number of rotatable bonds is 7. The van der Waals surface area contributed by atoms with Crippen LogP contribution < -0.4 is 10.6 Å². The maximum absolute atomic E-state index is 12.2. The summed E-state index contributed by atoms with van der Waals surface area (Å²) in [6.07, 6.45) is 5.33. The summed E-state index contributed by atoms with van der Waals surface area (Å²) < 4.78 is 0. The molecule has 7 heteroatoms. The Bertz CT molecular complexity index is 984. The predicted octanol–water partition coefficient (Wildman–Crippen LogP) is 4.70. The van der Waals surface area contributed by atoms with Gasteiger partial charge in [-0.25, -0.2) is 4.98 Å². The van der Waals surface area contributed by atoms with E-state index in [1.54, 1.807) is 23.2 Å². The molecule has 1 aromatic heterocycles. The van der Waals surface area contributed by atoms with Gasteiger partial charge in [-0.3, -0.25) is 14.9 Å². The fourth-order valence-electron chi connectivity index (χ4n) is 2.40. The summed E-state index contributed by atoms with van der Waals surface area (Å²) in [6.45, 7) is 0. The molecule has 0 bridgehead atoms. The minimum Gasteiger partial charge on any atom is -0.326 e. The zero-order chi connectivity index (χ0) is 19.8. The Morgan fingerprint density at radius 1 is 1.11 bits per heavy atom. The predicted molar refractivity (Wildman–Crippen MR) is 117 cm³/mol. The van der Waals surface area contributed by atoms with Crippen LogP contribution in [0.5, 0.6) is 0 Å². The summed E-state index contributed by atoms with van der Waals surface area (Å²) in [4.78, 5) is 29.6. The van der Waals surface area contributed by atoms with E-state index in [9.17, 15) is 9.59 Å². The van der Waals surface area contributed by atoms with Gasteiger partial charge < -0.3 is 5.32 Å². The van der Waals surface area contributed by atoms with Gasteiger partial charge >= 0.3 is 0 Å². The molecular formula is C21H19N3O2S2. The van der Waals surface area contributed by atoms with E-state index < -0.39 is 0 Å². The number of benzene rings is 2. The molecule has 3 aromatic rings. The van der Waals surface area contributed by atoms with Crippen molar-refractivity contribution >= 4 is 51.8 Å². The lowest BCUT2D eigenvalue weighted by Gasteiger charge is -2.05. The molecule has 0 saturated carbocycles. The first-order valence-electron chi connectivity index (χ1n) is 8.55. The van der Waals surface area contributed by atoms with Gasteiger partial charge in [-0.2, -0.15) is 0 Å². The third-order valence-electron chi connectivity index (χ3n) is 3.70. The Hall–Kier alpha value is -2.90. The van der Waals surface area contributed by atoms with Crippen molar-refractivity contribution in [3.8, 4) is 0 Å². The maximum Gasteiger partial charge on any atom is 0.250 e. The number of carbonyl (C=O) groups excluding carboxylic acids is 2. The van der Waals surface area contributed by atoms with Crippen LogP contribution in [0.25, 0.3) is 6.08 Å². The number of aromatic nitrogens is 1. The van der Waals surface area contributed by atoms with Crippen molar-refractivity contribution in [1.82, 2.24) is 4.98 Å². The molecule has 2 N–H and O–H groups in total. The Labute approximate surface area is 171 Å². The number of nitrogens with zero attached hydrogens (tertiary/aromatic N) is 1. The number of carbonyl (C=O) groups is 2. The molecule has 1 heterocycles. The van der Waals surface area contributed by atoms with Gasteiger partial charge in [0.1, 0.15) is 0 Å². The molecule has 0 unspecified atom stereocenters. The minimum absolute atomic E-state index is 0.148. The summed E-state index contributed by atoms with van der Waals surface area (Å²) in [6, 6.07) is 17.2. The van der Waals surface area contributed by atoms with Gasteiger partial charge in [-0.1, -0.05) is 36.4 Å². The van der Waals surface area contributed by atoms with E-state index in [1.807, 2.05) is 60.9 Å². The number of anilines is 2. The molecule has 0 saturated heterocycles. The second-order valence-corrected chi connectivity index (χ2v) is 7.57. The molecule has 0 aliphatic carbocycles. The van der Waals surface area contributed by atoms with Crippen molar-refractivity contribution in [2.24, 2.45) is 0 Å². The summed E-state index contributed by atoms with van der Waals surface area (Å²) in [5, 5.41) is 7.82. The summed E-state index contributed by atoms with van der Waals surface area (Å²) in [5.41, 5.74) is 2.32. The largest absolute Gasteiger partial charge is 0.326 e. The van der Waals surface area contributed by atoms with Gasteiger partial charge in [0.2, 0.25) is 11.8 Å². The van der Waals surface area contributed by atoms with E-state index >= 15 is 0 Å². The van der Waals surface area contributed by atoms with Crippen LogP contribution in [0.15, 0.2) is 70.9 Å². The van der Waals surface area contributed by atoms with E-state index in [4.69, 9.17) is 0 Å². The van der Waals surface area contributed by atoms with Crippen molar-refractivity contribution in [3.05, 3.63) is 77.3 Å². The summed E-state index contributed by atoms with van der Waals surface area (Å²) in [7, 11) is 0. The van der Waals surface area contributed by atoms with Crippen LogP contribution >= 0.6 is 23.1 Å². The molecule has 0 atom stereocenters. The fraction of sp³-hybridized carbons (Fsp3) is 0.0952. The molecule has 0 spiro atoms. The maximum atomic E-state index is 12.2. The molecule has 0 aliphatic rings. The second-order valence-electron chi connectivity index (χ2n) is 5.83. The molecule has 5 nitrogen and oxygen atoms in total. The Kier molecular flexibility index (Phi) is 7.00. The Morgan fingerprint density at radius 3 is 2.71 bits per heavy atom. The lowest BCUT2D eigenvalue weighted by molar-refractivity contribution is -0.115. The van der Waals surface area contributed by atoms with Crippen LogP contribution in [0.1, 0.15) is 11.3 Å². The molecule has 2 amide bonds. The third kappa shape index (κ3) is 6.07. The summed E-state index contributed by atoms with van der Waals surface area (Å²) in [5.74, 6) is -0.409. The number of thioether (sulfide) groups is 1. The lowest BCUT2D eigenvalue weighted by Crippen LogP contribution is -2.14. The van der Waals surface area contributed by atoms with Crippen LogP contribution in [-0.4, -0.2) is 23.1 Å². The van der Waals surface area contributed by atoms with Crippen molar-refractivity contribution in [2.75, 3.05) is 16.9 Å². The highest BCUT2D eigenvalue weighted by molar-refractivity contribution is 7.98. The van der Waals surface area contributed by atoms with Gasteiger partial charge in [0, 0.05) is 22.0 Å². The smallest absolute Gasteiger partial charge is 0.250 e. The van der Waals surface area contributed by atoms with Crippen LogP contribution in [0, 0.1) is 0 Å². The second kappa shape index (κ2) is 9.87. The standard InChI is InChI=1S/C21H19N3O2S2/c1-27-18-9-5-8-16(12-18)22-20(26)13-17-14-28-21(23-17)24-19(25)11-10-15-6-3-2-4-7-15/h2-12,14H,13H2,1H3,(H,22,26)(H,23,24,25)/b11-10+. The van der Waals surface area contributed by atoms with E-state index in [-0.39, 0.29) is 18.2 Å². The first-order chi connectivity index (χ1) is 13.6. The first kappa shape index (κ1) is 19.9. The van der Waals surface area contributed by atoms with Gasteiger partial charge in [-0.15, -0.1) is 23.1 Å². The zero-order valence-corrected chi connectivity index (χ0v) is 16.8. The SMILES string of the molecule is CSc1cccc(NC(=O)Cc2csc(NC(=O)/C=C/c3ccccc3)n2)c1. The van der Waals surface area contributed by atoms with Crippen molar-refractivity contribution in [1.29, 1.82) is 0 Å². The zero-order valence-electron chi connectivity index (χ0n) is 15.2. The van der Waals surface area contributed by atoms with Crippen molar-refractivity contribution in [3.63, 3.8) is 0 Å². The van der Waals surface area contributed by atoms with Gasteiger partial charge in [0.05, 0.1) is 12.1 Å². The minimum atomic E-state index is -0.261. The average Bonchev–Trinajstić information content (AvgIpc) is 3.13. The van der Waals surface area contributed by atoms with E-state index in [1.165, 1.54) is 17.4 Å². The van der Waals surface area contributed by atoms with E-state index in [2.05, 4.69) is 15.6 Å². The Balaban J connectivity index is 1.52. The third-order valence-corrected chi connectivity index (χ3v) is 5.24. The highest BCUT2D eigenvalue weighted by Crippen LogP contribution is 2.20.